The second kappa shape index (κ2) is 10.9. The van der Waals surface area contributed by atoms with Crippen LogP contribution >= 0.6 is 11.8 Å². The summed E-state index contributed by atoms with van der Waals surface area (Å²) >= 11 is 1.12. The number of ether oxygens (including phenoxy) is 1. The van der Waals surface area contributed by atoms with Crippen molar-refractivity contribution in [2.75, 3.05) is 44.7 Å². The van der Waals surface area contributed by atoms with E-state index in [2.05, 4.69) is 15.2 Å². The fourth-order valence-electron chi connectivity index (χ4n) is 3.57. The number of nitrogens with one attached hydrogen (secondary N) is 1. The van der Waals surface area contributed by atoms with E-state index in [9.17, 15) is 18.4 Å². The Hall–Kier alpha value is -2.82. The van der Waals surface area contributed by atoms with Crippen molar-refractivity contribution in [1.29, 1.82) is 0 Å². The topological polar surface area (TPSA) is 74.2 Å². The zero-order valence-corrected chi connectivity index (χ0v) is 18.7. The van der Waals surface area contributed by atoms with Crippen LogP contribution in [0.3, 0.4) is 0 Å². The number of nitrogens with zero attached hydrogens (tertiary/aromatic N) is 3. The van der Waals surface area contributed by atoms with Gasteiger partial charge in [-0.2, -0.15) is 0 Å². The molecule has 174 valence electrons. The van der Waals surface area contributed by atoms with Crippen LogP contribution in [0.2, 0.25) is 0 Å². The van der Waals surface area contributed by atoms with Gasteiger partial charge in [-0.1, -0.05) is 30.0 Å². The highest BCUT2D eigenvalue weighted by Crippen LogP contribution is 2.32. The van der Waals surface area contributed by atoms with Gasteiger partial charge in [-0.25, -0.2) is 13.8 Å². The van der Waals surface area contributed by atoms with Gasteiger partial charge in [0.15, 0.2) is 11.0 Å². The zero-order valence-electron chi connectivity index (χ0n) is 17.9. The molecule has 33 heavy (non-hydrogen) atoms. The van der Waals surface area contributed by atoms with Gasteiger partial charge in [-0.3, -0.25) is 19.4 Å². The molecule has 2 aromatic rings. The Morgan fingerprint density at radius 2 is 1.88 bits per heavy atom. The second-order valence-electron chi connectivity index (χ2n) is 7.66. The maximum absolute atomic E-state index is 14.2. The number of hydrogen-bond donors (Lipinski definition) is 1. The molecule has 1 unspecified atom stereocenters. The Bertz CT molecular complexity index is 1030. The molecule has 0 aliphatic carbocycles. The van der Waals surface area contributed by atoms with Gasteiger partial charge in [-0.05, 0) is 24.3 Å². The molecule has 0 spiro atoms. The van der Waals surface area contributed by atoms with Crippen LogP contribution in [0.25, 0.3) is 0 Å². The Labute approximate surface area is 194 Å². The van der Waals surface area contributed by atoms with Gasteiger partial charge in [0.25, 0.3) is 0 Å². The molecule has 2 saturated heterocycles. The third-order valence-electron chi connectivity index (χ3n) is 5.32. The van der Waals surface area contributed by atoms with Crippen LogP contribution < -0.4 is 5.32 Å². The molecule has 2 aliphatic rings. The van der Waals surface area contributed by atoms with Crippen molar-refractivity contribution in [1.82, 2.24) is 9.80 Å². The lowest BCUT2D eigenvalue weighted by Crippen LogP contribution is -2.43. The predicted molar refractivity (Wildman–Crippen MR) is 123 cm³/mol. The first-order valence-electron chi connectivity index (χ1n) is 10.7. The van der Waals surface area contributed by atoms with Gasteiger partial charge in [0.05, 0.1) is 13.2 Å². The lowest BCUT2D eigenvalue weighted by molar-refractivity contribution is -0.128. The van der Waals surface area contributed by atoms with Crippen molar-refractivity contribution in [3.63, 3.8) is 0 Å². The summed E-state index contributed by atoms with van der Waals surface area (Å²) in [5.74, 6) is -2.06. The number of halogens is 2. The van der Waals surface area contributed by atoms with E-state index in [4.69, 9.17) is 4.74 Å². The Morgan fingerprint density at radius 1 is 1.12 bits per heavy atom. The number of carbonyl (C=O) groups is 2. The molecule has 2 aliphatic heterocycles. The van der Waals surface area contributed by atoms with Crippen LogP contribution in [-0.4, -0.2) is 71.4 Å². The number of morpholine rings is 1. The van der Waals surface area contributed by atoms with E-state index in [0.717, 1.165) is 37.0 Å². The molecule has 2 fully saturated rings. The molecule has 0 saturated carbocycles. The summed E-state index contributed by atoms with van der Waals surface area (Å²) in [5, 5.41) is 2.40. The number of amidine groups is 1. The average Bonchev–Trinajstić information content (AvgIpc) is 3.09. The maximum atomic E-state index is 14.2. The van der Waals surface area contributed by atoms with Crippen LogP contribution in [0, 0.1) is 11.6 Å². The maximum Gasteiger partial charge on any atom is 0.242 e. The van der Waals surface area contributed by atoms with E-state index in [1.165, 1.54) is 11.0 Å². The van der Waals surface area contributed by atoms with Crippen molar-refractivity contribution in [2.45, 2.75) is 11.7 Å². The fraction of sp³-hybridized carbons (Fsp3) is 0.348. The number of aliphatic imine (C=N–C) groups is 1. The zero-order chi connectivity index (χ0) is 23.2. The van der Waals surface area contributed by atoms with Crippen molar-refractivity contribution in [3.05, 3.63) is 60.2 Å². The molecule has 2 aromatic carbocycles. The minimum absolute atomic E-state index is 0.0443. The van der Waals surface area contributed by atoms with Crippen LogP contribution in [0.1, 0.15) is 6.42 Å². The summed E-state index contributed by atoms with van der Waals surface area (Å²) in [6.45, 7) is 3.74. The van der Waals surface area contributed by atoms with Gasteiger partial charge >= 0.3 is 0 Å². The highest BCUT2D eigenvalue weighted by molar-refractivity contribution is 8.15. The third kappa shape index (κ3) is 6.16. The molecule has 1 N–H and O–H groups in total. The first kappa shape index (κ1) is 23.3. The number of rotatable bonds is 7. The standard InChI is InChI=1S/C23H24F2N4O3S/c24-16-6-7-19(18(25)14-16)27-23-29(9-8-28-10-12-32-13-11-28)22(31)20(33-23)15-21(30)26-17-4-2-1-3-5-17/h1-7,14,20H,8-13,15H2,(H,26,30). The normalized spacial score (nSPS) is 20.4. The Balaban J connectivity index is 1.49. The monoisotopic (exact) mass is 474 g/mol. The molecule has 0 aromatic heterocycles. The number of carbonyl (C=O) groups excluding carboxylic acids is 2. The minimum Gasteiger partial charge on any atom is -0.379 e. The average molecular weight is 475 g/mol. The second-order valence-corrected chi connectivity index (χ2v) is 8.83. The highest BCUT2D eigenvalue weighted by atomic mass is 32.2. The first-order chi connectivity index (χ1) is 16.0. The number of benzene rings is 2. The Morgan fingerprint density at radius 3 is 2.61 bits per heavy atom. The third-order valence-corrected chi connectivity index (χ3v) is 6.49. The summed E-state index contributed by atoms with van der Waals surface area (Å²) in [6.07, 6.45) is -0.0443. The lowest BCUT2D eigenvalue weighted by atomic mass is 10.2. The summed E-state index contributed by atoms with van der Waals surface area (Å²) in [4.78, 5) is 33.6. The number of para-hydroxylation sites is 1. The quantitative estimate of drug-likeness (QED) is 0.667. The fourth-order valence-corrected chi connectivity index (χ4v) is 4.75. The van der Waals surface area contributed by atoms with Gasteiger partial charge < -0.3 is 10.1 Å². The molecule has 10 heteroatoms. The van der Waals surface area contributed by atoms with Gasteiger partial charge in [0, 0.05) is 44.4 Å². The molecule has 2 amide bonds. The van der Waals surface area contributed by atoms with Crippen molar-refractivity contribution in [3.8, 4) is 0 Å². The molecule has 1 atom stereocenters. The summed E-state index contributed by atoms with van der Waals surface area (Å²) < 4.78 is 32.9. The molecule has 0 bridgehead atoms. The first-order valence-corrected chi connectivity index (χ1v) is 11.5. The Kier molecular flexibility index (Phi) is 7.69. The number of amides is 2. The lowest BCUT2D eigenvalue weighted by Gasteiger charge is -2.28. The summed E-state index contributed by atoms with van der Waals surface area (Å²) in [7, 11) is 0. The van der Waals surface area contributed by atoms with Gasteiger partial charge in [0.1, 0.15) is 16.8 Å². The van der Waals surface area contributed by atoms with Crippen LogP contribution in [0.5, 0.6) is 0 Å². The van der Waals surface area contributed by atoms with Crippen LogP contribution in [-0.2, 0) is 14.3 Å². The van der Waals surface area contributed by atoms with Crippen LogP contribution in [0.4, 0.5) is 20.2 Å². The number of hydrogen-bond acceptors (Lipinski definition) is 6. The highest BCUT2D eigenvalue weighted by Gasteiger charge is 2.39. The number of thioether (sulfide) groups is 1. The van der Waals surface area contributed by atoms with Crippen molar-refractivity contribution in [2.24, 2.45) is 4.99 Å². The van der Waals surface area contributed by atoms with Crippen molar-refractivity contribution >= 4 is 40.1 Å². The van der Waals surface area contributed by atoms with E-state index in [1.807, 2.05) is 6.07 Å². The molecule has 7 nitrogen and oxygen atoms in total. The molecule has 0 radical (unpaired) electrons. The van der Waals surface area contributed by atoms with Crippen molar-refractivity contribution < 1.29 is 23.1 Å². The van der Waals surface area contributed by atoms with Crippen LogP contribution in [0.15, 0.2) is 53.5 Å². The van der Waals surface area contributed by atoms with E-state index < -0.39 is 16.9 Å². The minimum atomic E-state index is -0.811. The summed E-state index contributed by atoms with van der Waals surface area (Å²) in [5.41, 5.74) is 0.585. The van der Waals surface area contributed by atoms with Gasteiger partial charge in [0.2, 0.25) is 11.8 Å². The molecular weight excluding hydrogens is 450 g/mol. The molecular formula is C23H24F2N4O3S. The van der Waals surface area contributed by atoms with E-state index >= 15 is 0 Å². The summed E-state index contributed by atoms with van der Waals surface area (Å²) in [6, 6.07) is 12.1. The molecule has 2 heterocycles. The predicted octanol–water partition coefficient (Wildman–Crippen LogP) is 3.26. The van der Waals surface area contributed by atoms with Gasteiger partial charge in [-0.15, -0.1) is 0 Å². The largest absolute Gasteiger partial charge is 0.379 e. The van der Waals surface area contributed by atoms with E-state index in [-0.39, 0.29) is 23.9 Å². The SMILES string of the molecule is O=C(CC1SC(=Nc2ccc(F)cc2F)N(CCN2CCOCC2)C1=O)Nc1ccccc1. The smallest absolute Gasteiger partial charge is 0.242 e. The van der Waals surface area contributed by atoms with E-state index in [1.54, 1.807) is 24.3 Å². The molecule has 4 rings (SSSR count). The van der Waals surface area contributed by atoms with E-state index in [0.29, 0.717) is 37.2 Å². The number of anilines is 1.